The lowest BCUT2D eigenvalue weighted by Crippen LogP contribution is -1.96. The van der Waals surface area contributed by atoms with E-state index in [-0.39, 0.29) is 0 Å². The first-order chi connectivity index (χ1) is 12.7. The van der Waals surface area contributed by atoms with Crippen LogP contribution in [0.2, 0.25) is 0 Å². The quantitative estimate of drug-likeness (QED) is 0.325. The molecule has 2 nitrogen and oxygen atoms in total. The van der Waals surface area contributed by atoms with Crippen LogP contribution in [0.4, 0.5) is 0 Å². The van der Waals surface area contributed by atoms with Crippen molar-refractivity contribution >= 4 is 28.7 Å². The van der Waals surface area contributed by atoms with Crippen LogP contribution in [0, 0.1) is 0 Å². The Labute approximate surface area is 153 Å². The van der Waals surface area contributed by atoms with E-state index in [2.05, 4.69) is 79.0 Å². The minimum atomic E-state index is 0.326. The molecular weight excluding hydrogens is 318 g/mol. The van der Waals surface area contributed by atoms with Crippen LogP contribution in [0.3, 0.4) is 0 Å². The maximum absolute atomic E-state index is 11.0. The highest BCUT2D eigenvalue weighted by Gasteiger charge is 2.21. The number of aromatic nitrogens is 1. The highest BCUT2D eigenvalue weighted by atomic mass is 16.1. The first kappa shape index (κ1) is 16.3. The van der Waals surface area contributed by atoms with Gasteiger partial charge >= 0.3 is 0 Å². The third-order valence-corrected chi connectivity index (χ3v) is 4.85. The van der Waals surface area contributed by atoms with Crippen molar-refractivity contribution in [1.82, 2.24) is 4.40 Å². The van der Waals surface area contributed by atoms with Crippen molar-refractivity contribution in [3.63, 3.8) is 0 Å². The Morgan fingerprint density at radius 1 is 0.923 bits per heavy atom. The third kappa shape index (κ3) is 2.55. The van der Waals surface area contributed by atoms with Crippen molar-refractivity contribution < 1.29 is 4.79 Å². The SMILES string of the molecule is CC(C)c1c(C=CC=O)c(-c2ccccc2)c2c3ccccc3ccn12. The van der Waals surface area contributed by atoms with Crippen molar-refractivity contribution in [2.45, 2.75) is 19.8 Å². The summed E-state index contributed by atoms with van der Waals surface area (Å²) >= 11 is 0. The standard InChI is InChI=1S/C24H21NO/c1-17(2)23-21(13-8-16-26)22(19-10-4-3-5-11-19)24-20-12-7-6-9-18(20)14-15-25(23)24/h3-17H,1-2H3. The Kier molecular flexibility index (Phi) is 4.18. The van der Waals surface area contributed by atoms with Gasteiger partial charge in [-0.2, -0.15) is 0 Å². The molecule has 0 amide bonds. The van der Waals surface area contributed by atoms with E-state index in [0.29, 0.717) is 5.92 Å². The number of carbonyl (C=O) groups excluding carboxylic acids is 1. The summed E-state index contributed by atoms with van der Waals surface area (Å²) in [7, 11) is 0. The summed E-state index contributed by atoms with van der Waals surface area (Å²) in [6.45, 7) is 4.40. The molecule has 4 aromatic rings. The average molecular weight is 339 g/mol. The Morgan fingerprint density at radius 3 is 2.38 bits per heavy atom. The lowest BCUT2D eigenvalue weighted by Gasteiger charge is -2.09. The first-order valence-corrected chi connectivity index (χ1v) is 8.95. The van der Waals surface area contributed by atoms with E-state index in [9.17, 15) is 4.79 Å². The van der Waals surface area contributed by atoms with E-state index >= 15 is 0 Å². The second-order valence-corrected chi connectivity index (χ2v) is 6.81. The average Bonchev–Trinajstić information content (AvgIpc) is 3.01. The van der Waals surface area contributed by atoms with Crippen LogP contribution in [-0.4, -0.2) is 10.7 Å². The van der Waals surface area contributed by atoms with E-state index in [1.54, 1.807) is 6.08 Å². The summed E-state index contributed by atoms with van der Waals surface area (Å²) < 4.78 is 2.29. The molecule has 0 saturated heterocycles. The van der Waals surface area contributed by atoms with Crippen LogP contribution in [-0.2, 0) is 4.79 Å². The number of nitrogens with zero attached hydrogens (tertiary/aromatic N) is 1. The number of pyridine rings is 1. The van der Waals surface area contributed by atoms with Crippen molar-refractivity contribution in [3.05, 3.63) is 84.2 Å². The zero-order chi connectivity index (χ0) is 18.1. The zero-order valence-electron chi connectivity index (χ0n) is 15.0. The van der Waals surface area contributed by atoms with Crippen LogP contribution in [0.1, 0.15) is 31.0 Å². The largest absolute Gasteiger partial charge is 0.319 e. The summed E-state index contributed by atoms with van der Waals surface area (Å²) in [5.74, 6) is 0.326. The molecule has 0 spiro atoms. The van der Waals surface area contributed by atoms with Crippen LogP contribution >= 0.6 is 0 Å². The molecule has 0 N–H and O–H groups in total. The highest BCUT2D eigenvalue weighted by molar-refractivity contribution is 6.06. The van der Waals surface area contributed by atoms with Gasteiger partial charge in [0, 0.05) is 28.4 Å². The van der Waals surface area contributed by atoms with E-state index in [1.165, 1.54) is 33.1 Å². The first-order valence-electron chi connectivity index (χ1n) is 8.95. The van der Waals surface area contributed by atoms with Gasteiger partial charge in [-0.1, -0.05) is 68.4 Å². The zero-order valence-corrected chi connectivity index (χ0v) is 15.0. The van der Waals surface area contributed by atoms with Crippen molar-refractivity contribution in [2.75, 3.05) is 0 Å². The van der Waals surface area contributed by atoms with E-state index in [4.69, 9.17) is 0 Å². The third-order valence-electron chi connectivity index (χ3n) is 4.85. The van der Waals surface area contributed by atoms with Gasteiger partial charge in [-0.25, -0.2) is 0 Å². The van der Waals surface area contributed by atoms with Crippen molar-refractivity contribution in [2.24, 2.45) is 0 Å². The number of aldehydes is 1. The van der Waals surface area contributed by atoms with E-state index in [1.807, 2.05) is 12.1 Å². The monoisotopic (exact) mass is 339 g/mol. The maximum atomic E-state index is 11.0. The van der Waals surface area contributed by atoms with Gasteiger partial charge in [-0.3, -0.25) is 4.79 Å². The van der Waals surface area contributed by atoms with Gasteiger partial charge in [0.2, 0.25) is 0 Å². The number of allylic oxidation sites excluding steroid dienone is 1. The predicted octanol–water partition coefficient (Wildman–Crippen LogP) is 6.10. The molecule has 26 heavy (non-hydrogen) atoms. The summed E-state index contributed by atoms with van der Waals surface area (Å²) in [5, 5.41) is 2.44. The van der Waals surface area contributed by atoms with Crippen molar-refractivity contribution in [3.8, 4) is 11.1 Å². The molecule has 4 rings (SSSR count). The molecular formula is C24H21NO. The molecule has 0 bridgehead atoms. The fourth-order valence-electron chi connectivity index (χ4n) is 3.85. The van der Waals surface area contributed by atoms with Gasteiger partial charge in [0.1, 0.15) is 6.29 Å². The predicted molar refractivity (Wildman–Crippen MR) is 110 cm³/mol. The lowest BCUT2D eigenvalue weighted by molar-refractivity contribution is -0.104. The molecule has 128 valence electrons. The normalized spacial score (nSPS) is 11.8. The minimum Gasteiger partial charge on any atom is -0.319 e. The molecule has 0 fully saturated rings. The number of hydrogen-bond donors (Lipinski definition) is 0. The second kappa shape index (κ2) is 6.64. The molecule has 2 heterocycles. The molecule has 0 unspecified atom stereocenters. The van der Waals surface area contributed by atoms with Gasteiger partial charge in [-0.15, -0.1) is 0 Å². The number of carbonyl (C=O) groups is 1. The summed E-state index contributed by atoms with van der Waals surface area (Å²) in [5.41, 5.74) is 5.89. The lowest BCUT2D eigenvalue weighted by atomic mass is 9.96. The van der Waals surface area contributed by atoms with E-state index in [0.717, 1.165) is 11.8 Å². The molecule has 2 aromatic carbocycles. The topological polar surface area (TPSA) is 21.5 Å². The minimum absolute atomic E-state index is 0.326. The Morgan fingerprint density at radius 2 is 1.65 bits per heavy atom. The number of fused-ring (bicyclic) bond motifs is 3. The summed E-state index contributed by atoms with van der Waals surface area (Å²) in [6.07, 6.45) is 6.54. The number of rotatable bonds is 4. The van der Waals surface area contributed by atoms with Crippen LogP contribution < -0.4 is 0 Å². The molecule has 0 aliphatic heterocycles. The fraction of sp³-hybridized carbons (Fsp3) is 0.125. The van der Waals surface area contributed by atoms with Crippen LogP contribution in [0.15, 0.2) is 72.9 Å². The Hall–Kier alpha value is -3.13. The van der Waals surface area contributed by atoms with Gasteiger partial charge in [0.05, 0.1) is 5.52 Å². The van der Waals surface area contributed by atoms with Crippen LogP contribution in [0.5, 0.6) is 0 Å². The second-order valence-electron chi connectivity index (χ2n) is 6.81. The maximum Gasteiger partial charge on any atom is 0.142 e. The number of hydrogen-bond acceptors (Lipinski definition) is 1. The Bertz CT molecular complexity index is 1120. The summed E-state index contributed by atoms with van der Waals surface area (Å²) in [4.78, 5) is 11.0. The summed E-state index contributed by atoms with van der Waals surface area (Å²) in [6, 6.07) is 21.1. The molecule has 0 atom stereocenters. The van der Waals surface area contributed by atoms with E-state index < -0.39 is 0 Å². The number of benzene rings is 2. The Balaban J connectivity index is 2.25. The van der Waals surface area contributed by atoms with Gasteiger partial charge in [-0.05, 0) is 35.1 Å². The highest BCUT2D eigenvalue weighted by Crippen LogP contribution is 2.40. The molecule has 0 saturated carbocycles. The van der Waals surface area contributed by atoms with Gasteiger partial charge < -0.3 is 4.40 Å². The van der Waals surface area contributed by atoms with Crippen molar-refractivity contribution in [1.29, 1.82) is 0 Å². The van der Waals surface area contributed by atoms with Crippen LogP contribution in [0.25, 0.3) is 33.5 Å². The molecule has 0 aliphatic rings. The van der Waals surface area contributed by atoms with Gasteiger partial charge in [0.25, 0.3) is 0 Å². The molecule has 2 aromatic heterocycles. The van der Waals surface area contributed by atoms with Gasteiger partial charge in [0.15, 0.2) is 0 Å². The fourth-order valence-corrected chi connectivity index (χ4v) is 3.85. The molecule has 0 aliphatic carbocycles. The smallest absolute Gasteiger partial charge is 0.142 e. The molecule has 2 heteroatoms. The molecule has 0 radical (unpaired) electrons.